The van der Waals surface area contributed by atoms with Gasteiger partial charge in [-0.2, -0.15) is 0 Å². The van der Waals surface area contributed by atoms with E-state index < -0.39 is 11.5 Å². The van der Waals surface area contributed by atoms with Crippen molar-refractivity contribution in [3.63, 3.8) is 0 Å². The first-order chi connectivity index (χ1) is 10.5. The van der Waals surface area contributed by atoms with Gasteiger partial charge < -0.3 is 20.1 Å². The number of carbonyl (C=O) groups excluding carboxylic acids is 1. The Morgan fingerprint density at radius 3 is 2.41 bits per heavy atom. The normalized spacial score (nSPS) is 14.7. The number of Topliss-reactive ketones (excluding diaryl/α,β-unsaturated/α-hetero) is 1. The molecule has 110 valence electrons. The Bertz CT molecular complexity index is 816. The van der Waals surface area contributed by atoms with Gasteiger partial charge in [0.2, 0.25) is 11.5 Å². The summed E-state index contributed by atoms with van der Waals surface area (Å²) in [4.78, 5) is 12.4. The van der Waals surface area contributed by atoms with Gasteiger partial charge in [0.15, 0.2) is 17.3 Å². The molecular formula is C17H12O5. The number of carbonyl (C=O) groups is 1. The molecule has 1 aliphatic heterocycles. The second kappa shape index (κ2) is 4.96. The maximum atomic E-state index is 12.4. The van der Waals surface area contributed by atoms with Crippen LogP contribution >= 0.6 is 0 Å². The lowest BCUT2D eigenvalue weighted by atomic mass is 10.0. The van der Waals surface area contributed by atoms with Gasteiger partial charge in [0.25, 0.3) is 0 Å². The molecule has 0 aromatic heterocycles. The summed E-state index contributed by atoms with van der Waals surface area (Å²) in [7, 11) is 0. The first kappa shape index (κ1) is 13.8. The summed E-state index contributed by atoms with van der Waals surface area (Å²) in [5.74, 6) is -1.22. The SMILES string of the molecule is C=Cc1cc(O)c(O)c2c1C(=O)/C(=C/c1ccc(O)cc1)O2. The van der Waals surface area contributed by atoms with Crippen LogP contribution < -0.4 is 4.74 Å². The van der Waals surface area contributed by atoms with E-state index in [1.54, 1.807) is 12.1 Å². The van der Waals surface area contributed by atoms with Crippen molar-refractivity contribution in [2.45, 2.75) is 0 Å². The lowest BCUT2D eigenvalue weighted by Crippen LogP contribution is -1.99. The van der Waals surface area contributed by atoms with Crippen LogP contribution in [0.15, 0.2) is 42.7 Å². The van der Waals surface area contributed by atoms with E-state index in [0.717, 1.165) is 0 Å². The predicted octanol–water partition coefficient (Wildman–Crippen LogP) is 3.06. The summed E-state index contributed by atoms with van der Waals surface area (Å²) >= 11 is 0. The minimum Gasteiger partial charge on any atom is -0.508 e. The van der Waals surface area contributed by atoms with E-state index in [-0.39, 0.29) is 28.6 Å². The number of benzene rings is 2. The van der Waals surface area contributed by atoms with Crippen LogP contribution in [-0.4, -0.2) is 21.1 Å². The molecule has 5 heteroatoms. The molecule has 5 nitrogen and oxygen atoms in total. The fraction of sp³-hybridized carbons (Fsp3) is 0. The monoisotopic (exact) mass is 296 g/mol. The van der Waals surface area contributed by atoms with Crippen LogP contribution in [0.3, 0.4) is 0 Å². The van der Waals surface area contributed by atoms with Gasteiger partial charge in [0.05, 0.1) is 5.56 Å². The third-order valence-electron chi connectivity index (χ3n) is 3.34. The molecule has 0 atom stereocenters. The third kappa shape index (κ3) is 2.09. The van der Waals surface area contributed by atoms with Crippen LogP contribution in [0, 0.1) is 0 Å². The van der Waals surface area contributed by atoms with E-state index in [1.165, 1.54) is 30.4 Å². The summed E-state index contributed by atoms with van der Waals surface area (Å²) in [6, 6.07) is 7.46. The Kier molecular flexibility index (Phi) is 3.10. The van der Waals surface area contributed by atoms with Crippen molar-refractivity contribution in [2.24, 2.45) is 0 Å². The fourth-order valence-corrected chi connectivity index (χ4v) is 2.24. The molecule has 0 aliphatic carbocycles. The van der Waals surface area contributed by atoms with Crippen LogP contribution in [0.2, 0.25) is 0 Å². The zero-order chi connectivity index (χ0) is 15.9. The molecule has 1 heterocycles. The molecule has 1 aliphatic rings. The smallest absolute Gasteiger partial charge is 0.232 e. The summed E-state index contributed by atoms with van der Waals surface area (Å²) in [6.45, 7) is 3.58. The topological polar surface area (TPSA) is 87.0 Å². The van der Waals surface area contributed by atoms with Gasteiger partial charge in [-0.3, -0.25) is 4.79 Å². The van der Waals surface area contributed by atoms with Crippen LogP contribution in [0.25, 0.3) is 12.2 Å². The number of fused-ring (bicyclic) bond motifs is 1. The van der Waals surface area contributed by atoms with Crippen molar-refractivity contribution < 1.29 is 24.9 Å². The van der Waals surface area contributed by atoms with E-state index in [9.17, 15) is 20.1 Å². The molecule has 0 fully saturated rings. The number of ketones is 1. The first-order valence-corrected chi connectivity index (χ1v) is 6.46. The Labute approximate surface area is 126 Å². The van der Waals surface area contributed by atoms with Crippen molar-refractivity contribution >= 4 is 17.9 Å². The van der Waals surface area contributed by atoms with Crippen LogP contribution in [0.5, 0.6) is 23.0 Å². The molecule has 0 unspecified atom stereocenters. The van der Waals surface area contributed by atoms with Crippen LogP contribution in [0.4, 0.5) is 0 Å². The highest BCUT2D eigenvalue weighted by Gasteiger charge is 2.33. The third-order valence-corrected chi connectivity index (χ3v) is 3.34. The summed E-state index contributed by atoms with van der Waals surface area (Å²) in [5.41, 5.74) is 1.19. The van der Waals surface area contributed by atoms with Crippen molar-refractivity contribution in [2.75, 3.05) is 0 Å². The molecule has 22 heavy (non-hydrogen) atoms. The summed E-state index contributed by atoms with van der Waals surface area (Å²) in [6.07, 6.45) is 2.90. The predicted molar refractivity (Wildman–Crippen MR) is 80.9 cm³/mol. The minimum absolute atomic E-state index is 0.0182. The Hall–Kier alpha value is -3.21. The van der Waals surface area contributed by atoms with E-state index in [4.69, 9.17) is 4.74 Å². The number of hydrogen-bond acceptors (Lipinski definition) is 5. The fourth-order valence-electron chi connectivity index (χ4n) is 2.24. The average molecular weight is 296 g/mol. The molecule has 0 saturated heterocycles. The van der Waals surface area contributed by atoms with Crippen LogP contribution in [-0.2, 0) is 0 Å². The number of ether oxygens (including phenoxy) is 1. The maximum absolute atomic E-state index is 12.4. The van der Waals surface area contributed by atoms with E-state index in [0.29, 0.717) is 11.1 Å². The van der Waals surface area contributed by atoms with Gasteiger partial charge in [-0.15, -0.1) is 0 Å². The van der Waals surface area contributed by atoms with Gasteiger partial charge in [-0.1, -0.05) is 24.8 Å². The summed E-state index contributed by atoms with van der Waals surface area (Å²) < 4.78 is 5.40. The van der Waals surface area contributed by atoms with Crippen molar-refractivity contribution in [1.82, 2.24) is 0 Å². The van der Waals surface area contributed by atoms with Gasteiger partial charge in [0, 0.05) is 0 Å². The quantitative estimate of drug-likeness (QED) is 0.585. The molecule has 2 aromatic rings. The van der Waals surface area contributed by atoms with Crippen LogP contribution in [0.1, 0.15) is 21.5 Å². The molecular weight excluding hydrogens is 284 g/mol. The van der Waals surface area contributed by atoms with Gasteiger partial charge in [-0.05, 0) is 35.4 Å². The highest BCUT2D eigenvalue weighted by atomic mass is 16.5. The number of rotatable bonds is 2. The highest BCUT2D eigenvalue weighted by Crippen LogP contribution is 2.46. The zero-order valence-corrected chi connectivity index (χ0v) is 11.4. The van der Waals surface area contributed by atoms with Crippen molar-refractivity contribution in [1.29, 1.82) is 0 Å². The number of hydrogen-bond donors (Lipinski definition) is 3. The van der Waals surface area contributed by atoms with E-state index >= 15 is 0 Å². The number of allylic oxidation sites excluding steroid dienone is 1. The molecule has 3 rings (SSSR count). The molecule has 3 N–H and O–H groups in total. The second-order valence-electron chi connectivity index (χ2n) is 4.77. The highest BCUT2D eigenvalue weighted by molar-refractivity contribution is 6.17. The number of aromatic hydroxyl groups is 3. The molecule has 0 bridgehead atoms. The zero-order valence-electron chi connectivity index (χ0n) is 11.4. The molecule has 0 spiro atoms. The number of phenolic OH excluding ortho intramolecular Hbond substituents is 3. The van der Waals surface area contributed by atoms with Gasteiger partial charge >= 0.3 is 0 Å². The lowest BCUT2D eigenvalue weighted by molar-refractivity contribution is 0.101. The molecule has 0 amide bonds. The average Bonchev–Trinajstić information content (AvgIpc) is 2.83. The maximum Gasteiger partial charge on any atom is 0.232 e. The summed E-state index contributed by atoms with van der Waals surface area (Å²) in [5, 5.41) is 28.8. The second-order valence-corrected chi connectivity index (χ2v) is 4.77. The molecule has 2 aromatic carbocycles. The van der Waals surface area contributed by atoms with Gasteiger partial charge in [-0.25, -0.2) is 0 Å². The van der Waals surface area contributed by atoms with Crippen molar-refractivity contribution in [3.8, 4) is 23.0 Å². The van der Waals surface area contributed by atoms with Gasteiger partial charge in [0.1, 0.15) is 5.75 Å². The Morgan fingerprint density at radius 1 is 1.09 bits per heavy atom. The largest absolute Gasteiger partial charge is 0.508 e. The Balaban J connectivity index is 2.09. The Morgan fingerprint density at radius 2 is 1.77 bits per heavy atom. The standard InChI is InChI=1S/C17H12O5/c1-2-10-8-12(19)15(20)17-14(10)16(21)13(22-17)7-9-3-5-11(18)6-4-9/h2-8,18-20H,1H2/b13-7-. The molecule has 0 radical (unpaired) electrons. The van der Waals surface area contributed by atoms with E-state index in [1.807, 2.05) is 0 Å². The van der Waals surface area contributed by atoms with E-state index in [2.05, 4.69) is 6.58 Å². The number of phenols is 3. The molecule has 0 saturated carbocycles. The first-order valence-electron chi connectivity index (χ1n) is 6.46. The lowest BCUT2D eigenvalue weighted by Gasteiger charge is -2.05. The van der Waals surface area contributed by atoms with Crippen molar-refractivity contribution in [3.05, 3.63) is 59.4 Å². The minimum atomic E-state index is -0.483.